The monoisotopic (exact) mass is 209 g/mol. The smallest absolute Gasteiger partial charge is 0.270 e. The maximum absolute atomic E-state index is 11.3. The molecule has 0 fully saturated rings. The molecule has 0 spiro atoms. The molecule has 15 heavy (non-hydrogen) atoms. The minimum Gasteiger partial charge on any atom is -0.395 e. The second-order valence-electron chi connectivity index (χ2n) is 2.70. The van der Waals surface area contributed by atoms with E-state index in [4.69, 9.17) is 5.11 Å². The van der Waals surface area contributed by atoms with E-state index in [1.54, 1.807) is 0 Å². The van der Waals surface area contributed by atoms with E-state index in [0.717, 1.165) is 6.07 Å². The predicted octanol–water partition coefficient (Wildman–Crippen LogP) is 0.117. The number of carbonyl (C=O) groups excluding carboxylic acids is 1. The van der Waals surface area contributed by atoms with Crippen LogP contribution in [0, 0.1) is 16.2 Å². The molecule has 1 rings (SSSR count). The Labute approximate surface area is 85.7 Å². The van der Waals surface area contributed by atoms with E-state index < -0.39 is 10.8 Å². The Balaban J connectivity index is 2.81. The third-order valence-corrected chi connectivity index (χ3v) is 1.64. The number of nitro benzene ring substituents is 1. The van der Waals surface area contributed by atoms with E-state index in [1.807, 2.05) is 0 Å². The lowest BCUT2D eigenvalue weighted by atomic mass is 10.2. The van der Waals surface area contributed by atoms with Gasteiger partial charge in [-0.1, -0.05) is 0 Å². The number of non-ortho nitro benzene ring substituents is 1. The van der Waals surface area contributed by atoms with Crippen molar-refractivity contribution in [1.29, 1.82) is 0 Å². The zero-order chi connectivity index (χ0) is 11.3. The molecule has 6 nitrogen and oxygen atoms in total. The number of hydrogen-bond acceptors (Lipinski definition) is 4. The summed E-state index contributed by atoms with van der Waals surface area (Å²) in [5.74, 6) is -0.493. The van der Waals surface area contributed by atoms with E-state index in [2.05, 4.69) is 11.4 Å². The van der Waals surface area contributed by atoms with Gasteiger partial charge in [0.15, 0.2) is 0 Å². The van der Waals surface area contributed by atoms with Crippen molar-refractivity contribution in [2.24, 2.45) is 0 Å². The van der Waals surface area contributed by atoms with E-state index in [0.29, 0.717) is 0 Å². The molecule has 0 aliphatic carbocycles. The molecule has 0 aliphatic rings. The fourth-order valence-electron chi connectivity index (χ4n) is 0.964. The number of amides is 1. The molecule has 0 saturated heterocycles. The van der Waals surface area contributed by atoms with E-state index in [1.165, 1.54) is 12.1 Å². The van der Waals surface area contributed by atoms with Crippen LogP contribution in [0.2, 0.25) is 0 Å². The van der Waals surface area contributed by atoms with Gasteiger partial charge in [-0.2, -0.15) is 0 Å². The summed E-state index contributed by atoms with van der Waals surface area (Å²) in [7, 11) is 0. The van der Waals surface area contributed by atoms with Crippen LogP contribution in [0.1, 0.15) is 10.4 Å². The lowest BCUT2D eigenvalue weighted by molar-refractivity contribution is -0.384. The van der Waals surface area contributed by atoms with Gasteiger partial charge in [0.05, 0.1) is 17.1 Å². The number of benzene rings is 1. The average molecular weight is 209 g/mol. The molecule has 0 aliphatic heterocycles. The SMILES string of the molecule is O=C(NCCO)c1[c]ccc([N+](=O)[O-])c1. The fraction of sp³-hybridized carbons (Fsp3) is 0.222. The molecule has 6 heteroatoms. The van der Waals surface area contributed by atoms with Gasteiger partial charge in [0, 0.05) is 18.7 Å². The summed E-state index contributed by atoms with van der Waals surface area (Å²) in [5, 5.41) is 21.3. The van der Waals surface area contributed by atoms with Crippen LogP contribution in [0.5, 0.6) is 0 Å². The maximum Gasteiger partial charge on any atom is 0.270 e. The number of aliphatic hydroxyl groups excluding tert-OH is 1. The fourth-order valence-corrected chi connectivity index (χ4v) is 0.964. The number of rotatable bonds is 4. The molecule has 1 aromatic carbocycles. The molecule has 1 aromatic rings. The van der Waals surface area contributed by atoms with Crippen molar-refractivity contribution in [3.8, 4) is 0 Å². The second-order valence-corrected chi connectivity index (χ2v) is 2.70. The number of nitrogens with zero attached hydrogens (tertiary/aromatic N) is 1. The van der Waals surface area contributed by atoms with Gasteiger partial charge in [-0.3, -0.25) is 14.9 Å². The molecule has 2 N–H and O–H groups in total. The molecule has 0 aromatic heterocycles. The molecule has 0 saturated carbocycles. The molecule has 0 unspecified atom stereocenters. The summed E-state index contributed by atoms with van der Waals surface area (Å²) in [6, 6.07) is 6.27. The highest BCUT2D eigenvalue weighted by molar-refractivity contribution is 5.94. The highest BCUT2D eigenvalue weighted by Gasteiger charge is 2.10. The van der Waals surface area contributed by atoms with Crippen LogP contribution in [0.4, 0.5) is 5.69 Å². The van der Waals surface area contributed by atoms with Crippen LogP contribution < -0.4 is 5.32 Å². The standard InChI is InChI=1S/C9H9N2O4/c12-5-4-10-9(13)7-2-1-3-8(6-7)11(14)15/h1,3,6,12H,4-5H2,(H,10,13). The maximum atomic E-state index is 11.3. The zero-order valence-electron chi connectivity index (χ0n) is 7.77. The van der Waals surface area contributed by atoms with Crippen LogP contribution in [0.15, 0.2) is 18.2 Å². The largest absolute Gasteiger partial charge is 0.395 e. The lowest BCUT2D eigenvalue weighted by Gasteiger charge is -2.01. The van der Waals surface area contributed by atoms with Crippen molar-refractivity contribution in [1.82, 2.24) is 5.32 Å². The first kappa shape index (κ1) is 11.1. The molecule has 0 heterocycles. The van der Waals surface area contributed by atoms with Gasteiger partial charge in [-0.05, 0) is 12.1 Å². The number of hydrogen-bond donors (Lipinski definition) is 2. The number of aliphatic hydroxyl groups is 1. The highest BCUT2D eigenvalue weighted by atomic mass is 16.6. The van der Waals surface area contributed by atoms with Crippen LogP contribution in [0.25, 0.3) is 0 Å². The van der Waals surface area contributed by atoms with Gasteiger partial charge in [-0.25, -0.2) is 0 Å². The zero-order valence-corrected chi connectivity index (χ0v) is 7.77. The van der Waals surface area contributed by atoms with Gasteiger partial charge in [0.25, 0.3) is 11.6 Å². The van der Waals surface area contributed by atoms with Crippen LogP contribution >= 0.6 is 0 Å². The summed E-state index contributed by atoms with van der Waals surface area (Å²) in [4.78, 5) is 21.1. The second kappa shape index (κ2) is 5.06. The Morgan fingerprint density at radius 1 is 1.67 bits per heavy atom. The lowest BCUT2D eigenvalue weighted by Crippen LogP contribution is -2.26. The van der Waals surface area contributed by atoms with E-state index >= 15 is 0 Å². The van der Waals surface area contributed by atoms with Crippen LogP contribution in [-0.2, 0) is 0 Å². The summed E-state index contributed by atoms with van der Waals surface area (Å²) in [5.41, 5.74) is -0.0828. The topological polar surface area (TPSA) is 92.5 Å². The Morgan fingerprint density at radius 2 is 2.40 bits per heavy atom. The predicted molar refractivity (Wildman–Crippen MR) is 51.4 cm³/mol. The van der Waals surface area contributed by atoms with Gasteiger partial charge in [0.1, 0.15) is 0 Å². The van der Waals surface area contributed by atoms with Crippen molar-refractivity contribution in [2.45, 2.75) is 0 Å². The molecule has 79 valence electrons. The number of nitro groups is 1. The minimum absolute atomic E-state index is 0.0812. The Kier molecular flexibility index (Phi) is 3.75. The molecule has 0 bridgehead atoms. The summed E-state index contributed by atoms with van der Waals surface area (Å²) in [6.45, 7) is -0.0734. The molecular weight excluding hydrogens is 200 g/mol. The Bertz CT molecular complexity index is 378. The van der Waals surface area contributed by atoms with E-state index in [-0.39, 0.29) is 24.4 Å². The third-order valence-electron chi connectivity index (χ3n) is 1.64. The van der Waals surface area contributed by atoms with Gasteiger partial charge in [-0.15, -0.1) is 0 Å². The number of carbonyl (C=O) groups is 1. The molecular formula is C9H9N2O4. The highest BCUT2D eigenvalue weighted by Crippen LogP contribution is 2.12. The molecule has 1 radical (unpaired) electrons. The average Bonchev–Trinajstić information content (AvgIpc) is 2.26. The Hall–Kier alpha value is -1.95. The van der Waals surface area contributed by atoms with Crippen molar-refractivity contribution >= 4 is 11.6 Å². The van der Waals surface area contributed by atoms with Crippen molar-refractivity contribution in [3.63, 3.8) is 0 Å². The first-order valence-electron chi connectivity index (χ1n) is 4.20. The van der Waals surface area contributed by atoms with Crippen molar-refractivity contribution < 1.29 is 14.8 Å². The summed E-state index contributed by atoms with van der Waals surface area (Å²) in [6.07, 6.45) is 0. The number of nitrogens with one attached hydrogen (secondary N) is 1. The minimum atomic E-state index is -0.587. The van der Waals surface area contributed by atoms with Crippen molar-refractivity contribution in [2.75, 3.05) is 13.2 Å². The first-order chi connectivity index (χ1) is 7.15. The normalized spacial score (nSPS) is 9.67. The van der Waals surface area contributed by atoms with Gasteiger partial charge < -0.3 is 10.4 Å². The Morgan fingerprint density at radius 3 is 3.00 bits per heavy atom. The van der Waals surface area contributed by atoms with Crippen molar-refractivity contribution in [3.05, 3.63) is 39.9 Å². The quantitative estimate of drug-likeness (QED) is 0.544. The molecule has 0 atom stereocenters. The first-order valence-corrected chi connectivity index (χ1v) is 4.20. The third kappa shape index (κ3) is 3.03. The van der Waals surface area contributed by atoms with Crippen LogP contribution in [-0.4, -0.2) is 29.1 Å². The summed E-state index contributed by atoms with van der Waals surface area (Å²) < 4.78 is 0. The van der Waals surface area contributed by atoms with Crippen LogP contribution in [0.3, 0.4) is 0 Å². The van der Waals surface area contributed by atoms with Gasteiger partial charge >= 0.3 is 0 Å². The summed E-state index contributed by atoms with van der Waals surface area (Å²) >= 11 is 0. The van der Waals surface area contributed by atoms with E-state index in [9.17, 15) is 14.9 Å². The molecule has 1 amide bonds. The van der Waals surface area contributed by atoms with Gasteiger partial charge in [0.2, 0.25) is 0 Å².